The summed E-state index contributed by atoms with van der Waals surface area (Å²) in [5, 5.41) is 2.55. The van der Waals surface area contributed by atoms with Crippen molar-refractivity contribution in [1.29, 1.82) is 0 Å². The summed E-state index contributed by atoms with van der Waals surface area (Å²) >= 11 is 1.46. The highest BCUT2D eigenvalue weighted by molar-refractivity contribution is 7.13. The van der Waals surface area contributed by atoms with E-state index in [0.717, 1.165) is 24.5 Å². The SMILES string of the molecule is Nc1nc(C=Cc2ccc3c(c2)CCO3)cs1. The Labute approximate surface area is 104 Å². The van der Waals surface area contributed by atoms with E-state index in [4.69, 9.17) is 10.5 Å². The molecule has 2 N–H and O–H groups in total. The minimum Gasteiger partial charge on any atom is -0.493 e. The van der Waals surface area contributed by atoms with Gasteiger partial charge in [0.1, 0.15) is 5.75 Å². The molecule has 0 spiro atoms. The van der Waals surface area contributed by atoms with Crippen LogP contribution in [0.15, 0.2) is 23.6 Å². The van der Waals surface area contributed by atoms with Gasteiger partial charge >= 0.3 is 0 Å². The first-order valence-corrected chi connectivity index (χ1v) is 6.34. The fourth-order valence-electron chi connectivity index (χ4n) is 1.87. The maximum Gasteiger partial charge on any atom is 0.180 e. The van der Waals surface area contributed by atoms with Crippen molar-refractivity contribution in [3.8, 4) is 5.75 Å². The monoisotopic (exact) mass is 244 g/mol. The highest BCUT2D eigenvalue weighted by Gasteiger charge is 2.10. The highest BCUT2D eigenvalue weighted by atomic mass is 32.1. The van der Waals surface area contributed by atoms with Gasteiger partial charge in [0, 0.05) is 11.8 Å². The second kappa shape index (κ2) is 4.22. The van der Waals surface area contributed by atoms with E-state index in [1.165, 1.54) is 22.5 Å². The molecule has 0 unspecified atom stereocenters. The van der Waals surface area contributed by atoms with Gasteiger partial charge in [0.15, 0.2) is 5.13 Å². The molecule has 0 saturated carbocycles. The maximum absolute atomic E-state index is 5.58. The predicted molar refractivity (Wildman–Crippen MR) is 71.1 cm³/mol. The molecule has 0 atom stereocenters. The van der Waals surface area contributed by atoms with Crippen LogP contribution < -0.4 is 10.5 Å². The van der Waals surface area contributed by atoms with Gasteiger partial charge in [0.25, 0.3) is 0 Å². The molecule has 1 aliphatic rings. The molecule has 1 aliphatic heterocycles. The van der Waals surface area contributed by atoms with Crippen LogP contribution in [0.2, 0.25) is 0 Å². The van der Waals surface area contributed by atoms with Crippen molar-refractivity contribution in [2.24, 2.45) is 0 Å². The van der Waals surface area contributed by atoms with Crippen LogP contribution in [0.3, 0.4) is 0 Å². The maximum atomic E-state index is 5.58. The van der Waals surface area contributed by atoms with Gasteiger partial charge in [-0.3, -0.25) is 0 Å². The quantitative estimate of drug-likeness (QED) is 0.883. The van der Waals surface area contributed by atoms with E-state index in [1.807, 2.05) is 23.6 Å². The van der Waals surface area contributed by atoms with E-state index < -0.39 is 0 Å². The van der Waals surface area contributed by atoms with Gasteiger partial charge in [-0.05, 0) is 29.3 Å². The Hall–Kier alpha value is -1.81. The van der Waals surface area contributed by atoms with Crippen molar-refractivity contribution in [3.63, 3.8) is 0 Å². The molecule has 3 rings (SSSR count). The minimum atomic E-state index is 0.604. The molecule has 2 aromatic rings. The van der Waals surface area contributed by atoms with Crippen molar-refractivity contribution < 1.29 is 4.74 Å². The predicted octanol–water partition coefficient (Wildman–Crippen LogP) is 2.83. The lowest BCUT2D eigenvalue weighted by atomic mass is 10.1. The molecular formula is C13H12N2OS. The molecule has 0 amide bonds. The number of ether oxygens (including phenoxy) is 1. The summed E-state index contributed by atoms with van der Waals surface area (Å²) in [6, 6.07) is 6.24. The number of benzene rings is 1. The lowest BCUT2D eigenvalue weighted by molar-refractivity contribution is 0.357. The van der Waals surface area contributed by atoms with Gasteiger partial charge in [0.05, 0.1) is 12.3 Å². The molecule has 3 nitrogen and oxygen atoms in total. The van der Waals surface area contributed by atoms with Gasteiger partial charge in [-0.25, -0.2) is 4.98 Å². The van der Waals surface area contributed by atoms with E-state index in [1.54, 1.807) is 0 Å². The van der Waals surface area contributed by atoms with Gasteiger partial charge in [0.2, 0.25) is 0 Å². The molecule has 4 heteroatoms. The summed E-state index contributed by atoms with van der Waals surface area (Å²) in [6.45, 7) is 0.797. The fraction of sp³-hybridized carbons (Fsp3) is 0.154. The van der Waals surface area contributed by atoms with E-state index in [-0.39, 0.29) is 0 Å². The smallest absolute Gasteiger partial charge is 0.180 e. The number of aromatic nitrogens is 1. The average molecular weight is 244 g/mol. The molecule has 0 saturated heterocycles. The molecule has 86 valence electrons. The number of fused-ring (bicyclic) bond motifs is 1. The molecule has 0 fully saturated rings. The standard InChI is InChI=1S/C13H12N2OS/c14-13-15-11(8-17-13)3-1-9-2-4-12-10(7-9)5-6-16-12/h1-4,7-8H,5-6H2,(H2,14,15). The summed E-state index contributed by atoms with van der Waals surface area (Å²) in [5.41, 5.74) is 8.93. The summed E-state index contributed by atoms with van der Waals surface area (Å²) in [5.74, 6) is 1.01. The van der Waals surface area contributed by atoms with Crippen LogP contribution in [0.5, 0.6) is 5.75 Å². The van der Waals surface area contributed by atoms with Gasteiger partial charge in [-0.1, -0.05) is 12.1 Å². The Morgan fingerprint density at radius 1 is 1.35 bits per heavy atom. The first-order valence-electron chi connectivity index (χ1n) is 5.46. The summed E-state index contributed by atoms with van der Waals surface area (Å²) < 4.78 is 5.47. The van der Waals surface area contributed by atoms with Crippen LogP contribution in [0.1, 0.15) is 16.8 Å². The number of nitrogens with two attached hydrogens (primary N) is 1. The van der Waals surface area contributed by atoms with Crippen molar-refractivity contribution in [2.45, 2.75) is 6.42 Å². The fourth-order valence-corrected chi connectivity index (χ4v) is 2.40. The number of hydrogen-bond donors (Lipinski definition) is 1. The van der Waals surface area contributed by atoms with E-state index in [2.05, 4.69) is 17.1 Å². The zero-order valence-corrected chi connectivity index (χ0v) is 10.0. The Balaban J connectivity index is 1.83. The van der Waals surface area contributed by atoms with E-state index in [9.17, 15) is 0 Å². The summed E-state index contributed by atoms with van der Waals surface area (Å²) in [7, 11) is 0. The number of thiazole rings is 1. The van der Waals surface area contributed by atoms with Crippen LogP contribution >= 0.6 is 11.3 Å². The first kappa shape index (κ1) is 10.4. The lowest BCUT2D eigenvalue weighted by Crippen LogP contribution is -1.85. The van der Waals surface area contributed by atoms with Crippen LogP contribution in [-0.2, 0) is 6.42 Å². The third-order valence-corrected chi connectivity index (χ3v) is 3.39. The molecule has 1 aromatic carbocycles. The number of nitrogen functional groups attached to an aromatic ring is 1. The number of nitrogens with zero attached hydrogens (tertiary/aromatic N) is 1. The third-order valence-electron chi connectivity index (χ3n) is 2.70. The van der Waals surface area contributed by atoms with Gasteiger partial charge < -0.3 is 10.5 Å². The van der Waals surface area contributed by atoms with Crippen molar-refractivity contribution in [3.05, 3.63) is 40.4 Å². The topological polar surface area (TPSA) is 48.1 Å². The summed E-state index contributed by atoms with van der Waals surface area (Å²) in [6.07, 6.45) is 5.03. The average Bonchev–Trinajstić information content (AvgIpc) is 2.94. The van der Waals surface area contributed by atoms with Crippen LogP contribution in [-0.4, -0.2) is 11.6 Å². The molecular weight excluding hydrogens is 232 g/mol. The second-order valence-corrected chi connectivity index (χ2v) is 4.80. The van der Waals surface area contributed by atoms with E-state index in [0.29, 0.717) is 5.13 Å². The molecule has 0 radical (unpaired) electrons. The van der Waals surface area contributed by atoms with Crippen LogP contribution in [0.4, 0.5) is 5.13 Å². The number of hydrogen-bond acceptors (Lipinski definition) is 4. The normalized spacial score (nSPS) is 13.9. The number of anilines is 1. The first-order chi connectivity index (χ1) is 8.31. The largest absolute Gasteiger partial charge is 0.493 e. The highest BCUT2D eigenvalue weighted by Crippen LogP contribution is 2.26. The minimum absolute atomic E-state index is 0.604. The second-order valence-electron chi connectivity index (χ2n) is 3.91. The molecule has 17 heavy (non-hydrogen) atoms. The Morgan fingerprint density at radius 3 is 3.12 bits per heavy atom. The lowest BCUT2D eigenvalue weighted by Gasteiger charge is -1.99. The number of rotatable bonds is 2. The molecule has 0 bridgehead atoms. The van der Waals surface area contributed by atoms with Crippen LogP contribution in [0.25, 0.3) is 12.2 Å². The van der Waals surface area contributed by atoms with Crippen molar-refractivity contribution in [1.82, 2.24) is 4.98 Å². The van der Waals surface area contributed by atoms with Gasteiger partial charge in [-0.15, -0.1) is 11.3 Å². The van der Waals surface area contributed by atoms with E-state index >= 15 is 0 Å². The summed E-state index contributed by atoms with van der Waals surface area (Å²) in [4.78, 5) is 4.18. The Bertz CT molecular complexity index is 575. The Kier molecular flexibility index (Phi) is 2.57. The third kappa shape index (κ3) is 2.17. The molecule has 0 aliphatic carbocycles. The zero-order chi connectivity index (χ0) is 11.7. The zero-order valence-electron chi connectivity index (χ0n) is 9.22. The van der Waals surface area contributed by atoms with Gasteiger partial charge in [-0.2, -0.15) is 0 Å². The molecule has 2 heterocycles. The molecule has 1 aromatic heterocycles. The Morgan fingerprint density at radius 2 is 2.29 bits per heavy atom. The van der Waals surface area contributed by atoms with Crippen molar-refractivity contribution in [2.75, 3.05) is 12.3 Å². The van der Waals surface area contributed by atoms with Crippen molar-refractivity contribution >= 4 is 28.6 Å². The van der Waals surface area contributed by atoms with Crippen LogP contribution in [0, 0.1) is 0 Å².